The SMILES string of the molecule is CC1CC(C)CN(S(=O)(=O)c2ccc(C(=O)Nc3nnc(-c4ccccc4S(C)(=O)=O)o3)cc2)C1. The molecule has 35 heavy (non-hydrogen) atoms. The molecule has 0 spiro atoms. The minimum Gasteiger partial charge on any atom is -0.403 e. The van der Waals surface area contributed by atoms with Crippen LogP contribution in [0.5, 0.6) is 0 Å². The van der Waals surface area contributed by atoms with Gasteiger partial charge in [-0.05, 0) is 54.7 Å². The highest BCUT2D eigenvalue weighted by molar-refractivity contribution is 7.90. The van der Waals surface area contributed by atoms with Crippen molar-refractivity contribution in [2.24, 2.45) is 11.8 Å². The number of aromatic nitrogens is 2. The van der Waals surface area contributed by atoms with Crippen LogP contribution in [0.15, 0.2) is 62.7 Å². The fourth-order valence-electron chi connectivity index (χ4n) is 4.25. The van der Waals surface area contributed by atoms with Crippen LogP contribution >= 0.6 is 0 Å². The van der Waals surface area contributed by atoms with E-state index in [2.05, 4.69) is 15.5 Å². The molecule has 4 rings (SSSR count). The maximum Gasteiger partial charge on any atom is 0.322 e. The summed E-state index contributed by atoms with van der Waals surface area (Å²) in [6, 6.07) is 11.6. The number of sulfone groups is 1. The van der Waals surface area contributed by atoms with Gasteiger partial charge in [-0.2, -0.15) is 4.31 Å². The summed E-state index contributed by atoms with van der Waals surface area (Å²) in [6.07, 6.45) is 2.06. The summed E-state index contributed by atoms with van der Waals surface area (Å²) in [6.45, 7) is 5.01. The predicted octanol–water partition coefficient (Wildman–Crippen LogP) is 3.06. The van der Waals surface area contributed by atoms with E-state index in [1.165, 1.54) is 40.7 Å². The Morgan fingerprint density at radius 1 is 0.971 bits per heavy atom. The Morgan fingerprint density at radius 2 is 1.60 bits per heavy atom. The Hall–Kier alpha value is -3.09. The Balaban J connectivity index is 1.49. The van der Waals surface area contributed by atoms with Crippen molar-refractivity contribution in [1.82, 2.24) is 14.5 Å². The highest BCUT2D eigenvalue weighted by Gasteiger charge is 2.31. The van der Waals surface area contributed by atoms with Crippen LogP contribution in [0.4, 0.5) is 6.01 Å². The van der Waals surface area contributed by atoms with Crippen LogP contribution in [0.1, 0.15) is 30.6 Å². The summed E-state index contributed by atoms with van der Waals surface area (Å²) in [5.41, 5.74) is 0.416. The van der Waals surface area contributed by atoms with Crippen molar-refractivity contribution in [3.8, 4) is 11.5 Å². The van der Waals surface area contributed by atoms with Gasteiger partial charge in [-0.15, -0.1) is 5.10 Å². The first-order chi connectivity index (χ1) is 16.4. The summed E-state index contributed by atoms with van der Waals surface area (Å²) in [7, 11) is -7.20. The number of hydrogen-bond acceptors (Lipinski definition) is 8. The van der Waals surface area contributed by atoms with E-state index in [0.29, 0.717) is 13.1 Å². The summed E-state index contributed by atoms with van der Waals surface area (Å²) in [4.78, 5) is 12.8. The van der Waals surface area contributed by atoms with Gasteiger partial charge < -0.3 is 4.42 Å². The highest BCUT2D eigenvalue weighted by atomic mass is 32.2. The monoisotopic (exact) mass is 518 g/mol. The number of hydrogen-bond donors (Lipinski definition) is 1. The van der Waals surface area contributed by atoms with Crippen LogP contribution < -0.4 is 5.32 Å². The van der Waals surface area contributed by atoms with Crippen molar-refractivity contribution in [2.75, 3.05) is 24.7 Å². The summed E-state index contributed by atoms with van der Waals surface area (Å²) in [5.74, 6) is -0.0851. The van der Waals surface area contributed by atoms with Crippen LogP contribution in [-0.4, -0.2) is 56.6 Å². The molecule has 0 radical (unpaired) electrons. The molecule has 2 aromatic carbocycles. The van der Waals surface area contributed by atoms with Gasteiger partial charge in [-0.3, -0.25) is 10.1 Å². The smallest absolute Gasteiger partial charge is 0.322 e. The summed E-state index contributed by atoms with van der Waals surface area (Å²) >= 11 is 0. The lowest BCUT2D eigenvalue weighted by atomic mass is 9.94. The molecule has 3 aromatic rings. The van der Waals surface area contributed by atoms with Crippen molar-refractivity contribution < 1.29 is 26.0 Å². The molecule has 12 heteroatoms. The third-order valence-electron chi connectivity index (χ3n) is 5.75. The maximum absolute atomic E-state index is 13.0. The van der Waals surface area contributed by atoms with Gasteiger partial charge in [0.05, 0.1) is 15.4 Å². The molecule has 0 aliphatic carbocycles. The van der Waals surface area contributed by atoms with E-state index in [9.17, 15) is 21.6 Å². The fourth-order valence-corrected chi connectivity index (χ4v) is 6.81. The van der Waals surface area contributed by atoms with Gasteiger partial charge in [-0.1, -0.05) is 31.1 Å². The molecule has 2 unspecified atom stereocenters. The zero-order valence-electron chi connectivity index (χ0n) is 19.5. The van der Waals surface area contributed by atoms with E-state index in [4.69, 9.17) is 4.42 Å². The maximum atomic E-state index is 13.0. The molecule has 1 amide bonds. The van der Waals surface area contributed by atoms with Crippen molar-refractivity contribution in [3.05, 3.63) is 54.1 Å². The first kappa shape index (κ1) is 25.0. The van der Waals surface area contributed by atoms with Crippen molar-refractivity contribution >= 4 is 31.8 Å². The number of nitrogens with one attached hydrogen (secondary N) is 1. The molecule has 1 aromatic heterocycles. The first-order valence-electron chi connectivity index (χ1n) is 11.0. The number of carbonyl (C=O) groups excluding carboxylic acids is 1. The van der Waals surface area contributed by atoms with E-state index < -0.39 is 25.8 Å². The molecule has 0 saturated carbocycles. The van der Waals surface area contributed by atoms with Crippen LogP contribution in [0.25, 0.3) is 11.5 Å². The molecule has 1 aliphatic rings. The lowest BCUT2D eigenvalue weighted by Gasteiger charge is -2.34. The minimum absolute atomic E-state index is 0.0239. The Bertz CT molecular complexity index is 1440. The third-order valence-corrected chi connectivity index (χ3v) is 8.75. The zero-order chi connectivity index (χ0) is 25.4. The van der Waals surface area contributed by atoms with Gasteiger partial charge in [0.15, 0.2) is 9.84 Å². The number of nitrogens with zero attached hydrogens (tertiary/aromatic N) is 3. The average molecular weight is 519 g/mol. The quantitative estimate of drug-likeness (QED) is 0.525. The summed E-state index contributed by atoms with van der Waals surface area (Å²) in [5, 5.41) is 10.1. The van der Waals surface area contributed by atoms with Gasteiger partial charge in [0, 0.05) is 24.9 Å². The number of sulfonamides is 1. The number of benzene rings is 2. The molecule has 1 fully saturated rings. The second kappa shape index (κ2) is 9.51. The van der Waals surface area contributed by atoms with E-state index in [-0.39, 0.29) is 44.7 Å². The third kappa shape index (κ3) is 5.44. The van der Waals surface area contributed by atoms with Gasteiger partial charge in [0.25, 0.3) is 11.8 Å². The Kier molecular flexibility index (Phi) is 6.80. The number of piperidine rings is 1. The molecule has 186 valence electrons. The number of carbonyl (C=O) groups is 1. The van der Waals surface area contributed by atoms with Crippen LogP contribution in [0.3, 0.4) is 0 Å². The lowest BCUT2D eigenvalue weighted by molar-refractivity contribution is 0.102. The largest absolute Gasteiger partial charge is 0.403 e. The molecule has 1 saturated heterocycles. The Labute approximate surface area is 204 Å². The second-order valence-corrected chi connectivity index (χ2v) is 12.8. The van der Waals surface area contributed by atoms with Crippen molar-refractivity contribution in [2.45, 2.75) is 30.1 Å². The second-order valence-electron chi connectivity index (χ2n) is 8.93. The van der Waals surface area contributed by atoms with Gasteiger partial charge in [-0.25, -0.2) is 16.8 Å². The van der Waals surface area contributed by atoms with Crippen LogP contribution in [-0.2, 0) is 19.9 Å². The van der Waals surface area contributed by atoms with Gasteiger partial charge in [0.1, 0.15) is 0 Å². The molecule has 10 nitrogen and oxygen atoms in total. The Morgan fingerprint density at radius 3 is 2.23 bits per heavy atom. The van der Waals surface area contributed by atoms with Gasteiger partial charge in [0.2, 0.25) is 10.0 Å². The van der Waals surface area contributed by atoms with E-state index in [0.717, 1.165) is 12.7 Å². The van der Waals surface area contributed by atoms with E-state index in [1.807, 2.05) is 13.8 Å². The standard InChI is InChI=1S/C23H26N4O6S2/c1-15-12-16(2)14-27(13-15)35(31,32)18-10-8-17(9-11-18)21(28)24-23-26-25-22(33-23)19-6-4-5-7-20(19)34(3,29)30/h4-11,15-16H,12-14H2,1-3H3,(H,24,26,28). The van der Waals surface area contributed by atoms with Crippen LogP contribution in [0.2, 0.25) is 0 Å². The fraction of sp³-hybridized carbons (Fsp3) is 0.348. The lowest BCUT2D eigenvalue weighted by Crippen LogP contribution is -2.42. The minimum atomic E-state index is -3.66. The van der Waals surface area contributed by atoms with E-state index >= 15 is 0 Å². The molecule has 2 heterocycles. The normalized spacial score (nSPS) is 19.4. The summed E-state index contributed by atoms with van der Waals surface area (Å²) < 4.78 is 57.1. The van der Waals surface area contributed by atoms with Crippen molar-refractivity contribution in [1.29, 1.82) is 0 Å². The highest BCUT2D eigenvalue weighted by Crippen LogP contribution is 2.28. The molecular formula is C23H26N4O6S2. The number of anilines is 1. The van der Waals surface area contributed by atoms with E-state index in [1.54, 1.807) is 12.1 Å². The number of rotatable bonds is 6. The van der Waals surface area contributed by atoms with Crippen LogP contribution in [0, 0.1) is 11.8 Å². The molecular weight excluding hydrogens is 492 g/mol. The average Bonchev–Trinajstić information content (AvgIpc) is 3.26. The molecule has 2 atom stereocenters. The molecule has 1 aliphatic heterocycles. The number of amides is 1. The first-order valence-corrected chi connectivity index (χ1v) is 14.3. The van der Waals surface area contributed by atoms with Crippen molar-refractivity contribution in [3.63, 3.8) is 0 Å². The zero-order valence-corrected chi connectivity index (χ0v) is 21.1. The predicted molar refractivity (Wildman–Crippen MR) is 129 cm³/mol. The topological polar surface area (TPSA) is 140 Å². The molecule has 0 bridgehead atoms. The molecule has 1 N–H and O–H groups in total. The van der Waals surface area contributed by atoms with Gasteiger partial charge >= 0.3 is 6.01 Å².